The first kappa shape index (κ1) is 14.8. The van der Waals surface area contributed by atoms with Crippen molar-refractivity contribution in [3.05, 3.63) is 63.7 Å². The number of nitrogens with one attached hydrogen (secondary N) is 1. The highest BCUT2D eigenvalue weighted by atomic mass is 16.6. The molecule has 21 heavy (non-hydrogen) atoms. The van der Waals surface area contributed by atoms with E-state index < -0.39 is 4.92 Å². The molecular formula is C16H18N2O3. The maximum atomic E-state index is 11.3. The smallest absolute Gasteiger partial charge is 0.333 e. The van der Waals surface area contributed by atoms with E-state index in [4.69, 9.17) is 4.74 Å². The number of hydrogen-bond acceptors (Lipinski definition) is 4. The molecule has 0 saturated carbocycles. The van der Waals surface area contributed by atoms with Crippen LogP contribution in [0, 0.1) is 17.0 Å². The number of benzene rings is 2. The van der Waals surface area contributed by atoms with Crippen LogP contribution in [0.2, 0.25) is 0 Å². The Balaban J connectivity index is 2.25. The van der Waals surface area contributed by atoms with E-state index >= 15 is 0 Å². The zero-order valence-corrected chi connectivity index (χ0v) is 12.1. The summed E-state index contributed by atoms with van der Waals surface area (Å²) in [6.45, 7) is 4.74. The zero-order chi connectivity index (χ0) is 15.2. The Kier molecular flexibility index (Phi) is 4.77. The number of hydrogen-bond donors (Lipinski definition) is 1. The molecule has 1 N–H and O–H groups in total. The molecule has 0 saturated heterocycles. The number of aryl methyl sites for hydroxylation is 1. The fourth-order valence-electron chi connectivity index (χ4n) is 2.12. The molecule has 0 aliphatic heterocycles. The van der Waals surface area contributed by atoms with Crippen LogP contribution in [0.5, 0.6) is 5.75 Å². The van der Waals surface area contributed by atoms with Gasteiger partial charge in [-0.3, -0.25) is 10.1 Å². The molecule has 2 aromatic rings. The zero-order valence-electron chi connectivity index (χ0n) is 12.1. The first-order valence-corrected chi connectivity index (χ1v) is 6.82. The largest absolute Gasteiger partial charge is 0.487 e. The lowest BCUT2D eigenvalue weighted by Crippen LogP contribution is -2.05. The molecule has 0 bridgehead atoms. The van der Waals surface area contributed by atoms with Gasteiger partial charge in [-0.05, 0) is 37.1 Å². The van der Waals surface area contributed by atoms with Crippen molar-refractivity contribution >= 4 is 11.4 Å². The summed E-state index contributed by atoms with van der Waals surface area (Å²) in [5.74, 6) is 0.289. The molecule has 0 spiro atoms. The molecule has 2 aromatic carbocycles. The second-order valence-corrected chi connectivity index (χ2v) is 4.62. The number of rotatable bonds is 6. The highest BCUT2D eigenvalue weighted by Gasteiger charge is 2.20. The molecule has 0 heterocycles. The Labute approximate surface area is 123 Å². The van der Waals surface area contributed by atoms with Gasteiger partial charge in [0.25, 0.3) is 0 Å². The maximum absolute atomic E-state index is 11.3. The van der Waals surface area contributed by atoms with Crippen LogP contribution in [0.25, 0.3) is 0 Å². The Hall–Kier alpha value is -2.56. The van der Waals surface area contributed by atoms with Crippen LogP contribution in [0.4, 0.5) is 11.4 Å². The molecule has 0 aliphatic carbocycles. The van der Waals surface area contributed by atoms with Crippen LogP contribution >= 0.6 is 0 Å². The van der Waals surface area contributed by atoms with Crippen LogP contribution in [-0.2, 0) is 6.54 Å². The average Bonchev–Trinajstić information content (AvgIpc) is 2.46. The molecule has 2 rings (SSSR count). The Morgan fingerprint density at radius 2 is 1.95 bits per heavy atom. The van der Waals surface area contributed by atoms with Gasteiger partial charge in [-0.1, -0.05) is 30.3 Å². The van der Waals surface area contributed by atoms with Crippen molar-refractivity contribution in [1.82, 2.24) is 0 Å². The SMILES string of the molecule is CCOc1cccc(NCc2ccccc2C)c1[N+](=O)[O-]. The van der Waals surface area contributed by atoms with Gasteiger partial charge in [-0.2, -0.15) is 0 Å². The summed E-state index contributed by atoms with van der Waals surface area (Å²) in [6, 6.07) is 13.0. The third-order valence-electron chi connectivity index (χ3n) is 3.21. The lowest BCUT2D eigenvalue weighted by atomic mass is 10.1. The minimum Gasteiger partial charge on any atom is -0.487 e. The number of nitro benzene ring substituents is 1. The van der Waals surface area contributed by atoms with Crippen LogP contribution < -0.4 is 10.1 Å². The third-order valence-corrected chi connectivity index (χ3v) is 3.21. The fourth-order valence-corrected chi connectivity index (χ4v) is 2.12. The Morgan fingerprint density at radius 3 is 2.62 bits per heavy atom. The van der Waals surface area contributed by atoms with Crippen LogP contribution in [0.3, 0.4) is 0 Å². The van der Waals surface area contributed by atoms with E-state index in [0.29, 0.717) is 18.8 Å². The predicted molar refractivity (Wildman–Crippen MR) is 82.8 cm³/mol. The van der Waals surface area contributed by atoms with E-state index in [0.717, 1.165) is 11.1 Å². The van der Waals surface area contributed by atoms with E-state index in [1.54, 1.807) is 25.1 Å². The molecule has 0 aromatic heterocycles. The molecule has 0 radical (unpaired) electrons. The van der Waals surface area contributed by atoms with Crippen molar-refractivity contribution in [1.29, 1.82) is 0 Å². The summed E-state index contributed by atoms with van der Waals surface area (Å²) >= 11 is 0. The van der Waals surface area contributed by atoms with E-state index in [-0.39, 0.29) is 11.4 Å². The number of nitrogens with zero attached hydrogens (tertiary/aromatic N) is 1. The molecule has 0 atom stereocenters. The molecule has 0 unspecified atom stereocenters. The summed E-state index contributed by atoms with van der Waals surface area (Å²) in [4.78, 5) is 10.9. The molecule has 0 amide bonds. The van der Waals surface area contributed by atoms with Crippen LogP contribution in [0.15, 0.2) is 42.5 Å². The molecule has 0 aliphatic rings. The highest BCUT2D eigenvalue weighted by molar-refractivity contribution is 5.68. The van der Waals surface area contributed by atoms with Gasteiger partial charge < -0.3 is 10.1 Å². The van der Waals surface area contributed by atoms with E-state index in [1.807, 2.05) is 31.2 Å². The van der Waals surface area contributed by atoms with Gasteiger partial charge >= 0.3 is 5.69 Å². The summed E-state index contributed by atoms with van der Waals surface area (Å²) < 4.78 is 5.33. The van der Waals surface area contributed by atoms with Gasteiger partial charge in [0, 0.05) is 6.54 Å². The van der Waals surface area contributed by atoms with Crippen LogP contribution in [0.1, 0.15) is 18.1 Å². The van der Waals surface area contributed by atoms with Crippen molar-refractivity contribution in [3.63, 3.8) is 0 Å². The number of ether oxygens (including phenoxy) is 1. The second-order valence-electron chi connectivity index (χ2n) is 4.62. The summed E-state index contributed by atoms with van der Waals surface area (Å²) in [7, 11) is 0. The second kappa shape index (κ2) is 6.74. The molecule has 5 nitrogen and oxygen atoms in total. The minimum atomic E-state index is -0.412. The van der Waals surface area contributed by atoms with E-state index in [9.17, 15) is 10.1 Å². The van der Waals surface area contributed by atoms with E-state index in [2.05, 4.69) is 5.32 Å². The quantitative estimate of drug-likeness (QED) is 0.646. The first-order valence-electron chi connectivity index (χ1n) is 6.82. The minimum absolute atomic E-state index is 0.0204. The molecular weight excluding hydrogens is 268 g/mol. The fraction of sp³-hybridized carbons (Fsp3) is 0.250. The van der Waals surface area contributed by atoms with Gasteiger partial charge in [0.1, 0.15) is 5.69 Å². The van der Waals surface area contributed by atoms with Crippen molar-refractivity contribution in [3.8, 4) is 5.75 Å². The predicted octanol–water partition coefficient (Wildman–Crippen LogP) is 3.91. The van der Waals surface area contributed by atoms with Gasteiger partial charge in [-0.15, -0.1) is 0 Å². The van der Waals surface area contributed by atoms with Crippen LogP contribution in [-0.4, -0.2) is 11.5 Å². The van der Waals surface area contributed by atoms with Crippen molar-refractivity contribution in [2.75, 3.05) is 11.9 Å². The number of anilines is 1. The van der Waals surface area contributed by atoms with Gasteiger partial charge in [0.15, 0.2) is 5.75 Å². The Morgan fingerprint density at radius 1 is 1.19 bits per heavy atom. The monoisotopic (exact) mass is 286 g/mol. The van der Waals surface area contributed by atoms with E-state index in [1.165, 1.54) is 0 Å². The number of para-hydroxylation sites is 1. The average molecular weight is 286 g/mol. The van der Waals surface area contributed by atoms with Crippen molar-refractivity contribution in [2.24, 2.45) is 0 Å². The lowest BCUT2D eigenvalue weighted by Gasteiger charge is -2.11. The normalized spacial score (nSPS) is 10.2. The first-order chi connectivity index (χ1) is 10.1. The summed E-state index contributed by atoms with van der Waals surface area (Å²) in [6.07, 6.45) is 0. The highest BCUT2D eigenvalue weighted by Crippen LogP contribution is 2.35. The summed E-state index contributed by atoms with van der Waals surface area (Å²) in [5.41, 5.74) is 2.70. The number of nitro groups is 1. The standard InChI is InChI=1S/C16H18N2O3/c1-3-21-15-10-6-9-14(16(15)18(19)20)17-11-13-8-5-4-7-12(13)2/h4-10,17H,3,11H2,1-2H3. The lowest BCUT2D eigenvalue weighted by molar-refractivity contribution is -0.384. The topological polar surface area (TPSA) is 64.4 Å². The summed E-state index contributed by atoms with van der Waals surface area (Å²) in [5, 5.41) is 14.4. The van der Waals surface area contributed by atoms with Crippen molar-refractivity contribution < 1.29 is 9.66 Å². The molecule has 0 fully saturated rings. The Bertz CT molecular complexity index is 641. The van der Waals surface area contributed by atoms with Gasteiger partial charge in [-0.25, -0.2) is 0 Å². The van der Waals surface area contributed by atoms with Gasteiger partial charge in [0.2, 0.25) is 0 Å². The van der Waals surface area contributed by atoms with Crippen molar-refractivity contribution in [2.45, 2.75) is 20.4 Å². The molecule has 5 heteroatoms. The third kappa shape index (κ3) is 3.51. The molecule has 110 valence electrons. The maximum Gasteiger partial charge on any atom is 0.333 e. The van der Waals surface area contributed by atoms with Gasteiger partial charge in [0.05, 0.1) is 11.5 Å².